The van der Waals surface area contributed by atoms with E-state index in [-0.39, 0.29) is 5.56 Å². The molecule has 0 radical (unpaired) electrons. The molecule has 0 aromatic heterocycles. The summed E-state index contributed by atoms with van der Waals surface area (Å²) >= 11 is 0. The van der Waals surface area contributed by atoms with Gasteiger partial charge >= 0.3 is 5.97 Å². The molecule has 72 valence electrons. The maximum atomic E-state index is 10.6. The molecular weight excluding hydrogens is 178 g/mol. The minimum atomic E-state index is -0.925. The number of rotatable bonds is 1. The normalized spacial score (nSPS) is 9.00. The highest BCUT2D eigenvalue weighted by molar-refractivity contribution is 5.88. The lowest BCUT2D eigenvalue weighted by molar-refractivity contribution is 0.0697. The van der Waals surface area contributed by atoms with Gasteiger partial charge in [-0.1, -0.05) is 11.8 Å². The second-order valence-corrected chi connectivity index (χ2v) is 2.84. The largest absolute Gasteiger partial charge is 0.478 e. The predicted octanol–water partition coefficient (Wildman–Crippen LogP) is 1.00. The van der Waals surface area contributed by atoms with Gasteiger partial charge in [0.15, 0.2) is 0 Å². The Kier molecular flexibility index (Phi) is 3.27. The lowest BCUT2D eigenvalue weighted by atomic mass is 10.1. The molecule has 0 bridgehead atoms. The Morgan fingerprint density at radius 3 is 2.79 bits per heavy atom. The van der Waals surface area contributed by atoms with E-state index in [9.17, 15) is 4.79 Å². The van der Waals surface area contributed by atoms with Crippen LogP contribution in [0.15, 0.2) is 18.2 Å². The van der Waals surface area contributed by atoms with Gasteiger partial charge in [0.2, 0.25) is 0 Å². The number of aryl methyl sites for hydroxylation is 1. The summed E-state index contributed by atoms with van der Waals surface area (Å²) in [6.07, 6.45) is 0. The zero-order valence-electron chi connectivity index (χ0n) is 7.87. The summed E-state index contributed by atoms with van der Waals surface area (Å²) in [6, 6.07) is 4.83. The number of benzene rings is 1. The number of nitrogens with two attached hydrogens (primary N) is 1. The van der Waals surface area contributed by atoms with Gasteiger partial charge in [-0.15, -0.1) is 0 Å². The molecule has 1 rings (SSSR count). The van der Waals surface area contributed by atoms with Crippen LogP contribution >= 0.6 is 0 Å². The second kappa shape index (κ2) is 4.45. The molecule has 0 saturated heterocycles. The van der Waals surface area contributed by atoms with Crippen molar-refractivity contribution in [3.63, 3.8) is 0 Å². The molecule has 0 saturated carbocycles. The molecule has 0 aliphatic rings. The fourth-order valence-electron chi connectivity index (χ4n) is 1.08. The van der Waals surface area contributed by atoms with Crippen LogP contribution in [0.2, 0.25) is 0 Å². The molecule has 1 aromatic rings. The monoisotopic (exact) mass is 189 g/mol. The highest BCUT2D eigenvalue weighted by Crippen LogP contribution is 2.09. The standard InChI is InChI=1S/C11H11NO2/c1-8-7-10(11(13)14)5-4-9(8)3-2-6-12/h4-5,7H,6,12H2,1H3,(H,13,14). The molecule has 0 aliphatic heterocycles. The minimum Gasteiger partial charge on any atom is -0.478 e. The molecule has 1 aromatic carbocycles. The number of hydrogen-bond donors (Lipinski definition) is 2. The first-order valence-electron chi connectivity index (χ1n) is 4.18. The van der Waals surface area contributed by atoms with E-state index in [1.54, 1.807) is 12.1 Å². The average Bonchev–Trinajstić information content (AvgIpc) is 2.15. The highest BCUT2D eigenvalue weighted by Gasteiger charge is 2.03. The van der Waals surface area contributed by atoms with Gasteiger partial charge in [0.05, 0.1) is 12.1 Å². The number of carboxylic acid groups (broad SMARTS) is 1. The van der Waals surface area contributed by atoms with E-state index in [1.807, 2.05) is 6.92 Å². The number of carbonyl (C=O) groups is 1. The van der Waals surface area contributed by atoms with Crippen molar-refractivity contribution in [2.24, 2.45) is 5.73 Å². The molecule has 3 nitrogen and oxygen atoms in total. The van der Waals surface area contributed by atoms with Gasteiger partial charge in [-0.25, -0.2) is 4.79 Å². The first-order chi connectivity index (χ1) is 6.65. The van der Waals surface area contributed by atoms with Crippen molar-refractivity contribution in [3.8, 4) is 11.8 Å². The summed E-state index contributed by atoms with van der Waals surface area (Å²) in [5.41, 5.74) is 7.19. The predicted molar refractivity (Wildman–Crippen MR) is 54.1 cm³/mol. The summed E-state index contributed by atoms with van der Waals surface area (Å²) in [4.78, 5) is 10.6. The van der Waals surface area contributed by atoms with Crippen molar-refractivity contribution in [2.75, 3.05) is 6.54 Å². The lowest BCUT2D eigenvalue weighted by Crippen LogP contribution is -1.98. The third-order valence-corrected chi connectivity index (χ3v) is 1.80. The van der Waals surface area contributed by atoms with Crippen molar-refractivity contribution in [1.82, 2.24) is 0 Å². The molecule has 0 heterocycles. The fourth-order valence-corrected chi connectivity index (χ4v) is 1.08. The fraction of sp³-hybridized carbons (Fsp3) is 0.182. The van der Waals surface area contributed by atoms with Gasteiger partial charge in [0.25, 0.3) is 0 Å². The zero-order valence-corrected chi connectivity index (χ0v) is 7.87. The number of aromatic carboxylic acids is 1. The van der Waals surface area contributed by atoms with Crippen LogP contribution in [-0.4, -0.2) is 17.6 Å². The van der Waals surface area contributed by atoms with E-state index in [1.165, 1.54) is 6.07 Å². The Labute approximate surface area is 82.6 Å². The van der Waals surface area contributed by atoms with Gasteiger partial charge in [-0.05, 0) is 30.7 Å². The quantitative estimate of drug-likeness (QED) is 0.648. The Morgan fingerprint density at radius 1 is 1.57 bits per heavy atom. The van der Waals surface area contributed by atoms with Crippen LogP contribution < -0.4 is 5.73 Å². The SMILES string of the molecule is Cc1cc(C(=O)O)ccc1C#CCN. The van der Waals surface area contributed by atoms with Crippen LogP contribution in [0.3, 0.4) is 0 Å². The molecule has 3 N–H and O–H groups in total. The molecule has 14 heavy (non-hydrogen) atoms. The first kappa shape index (κ1) is 10.3. The molecule has 0 amide bonds. The van der Waals surface area contributed by atoms with Gasteiger partial charge < -0.3 is 10.8 Å². The number of hydrogen-bond acceptors (Lipinski definition) is 2. The smallest absolute Gasteiger partial charge is 0.335 e. The van der Waals surface area contributed by atoms with Crippen LogP contribution in [0.1, 0.15) is 21.5 Å². The summed E-state index contributed by atoms with van der Waals surface area (Å²) in [5.74, 6) is 4.67. The highest BCUT2D eigenvalue weighted by atomic mass is 16.4. The Morgan fingerprint density at radius 2 is 2.29 bits per heavy atom. The lowest BCUT2D eigenvalue weighted by Gasteiger charge is -1.99. The molecular formula is C11H11NO2. The Balaban J connectivity index is 3.07. The van der Waals surface area contributed by atoms with Gasteiger partial charge in [-0.3, -0.25) is 0 Å². The van der Waals surface area contributed by atoms with Gasteiger partial charge in [0, 0.05) is 5.56 Å². The third kappa shape index (κ3) is 2.35. The summed E-state index contributed by atoms with van der Waals surface area (Å²) in [6.45, 7) is 2.13. The molecule has 3 heteroatoms. The van der Waals surface area contributed by atoms with E-state index < -0.39 is 5.97 Å². The van der Waals surface area contributed by atoms with E-state index in [2.05, 4.69) is 11.8 Å². The first-order valence-corrected chi connectivity index (χ1v) is 4.18. The van der Waals surface area contributed by atoms with E-state index in [0.717, 1.165) is 11.1 Å². The van der Waals surface area contributed by atoms with Crippen molar-refractivity contribution in [1.29, 1.82) is 0 Å². The minimum absolute atomic E-state index is 0.279. The topological polar surface area (TPSA) is 63.3 Å². The van der Waals surface area contributed by atoms with Crippen molar-refractivity contribution >= 4 is 5.97 Å². The van der Waals surface area contributed by atoms with Gasteiger partial charge in [0.1, 0.15) is 0 Å². The zero-order chi connectivity index (χ0) is 10.6. The van der Waals surface area contributed by atoms with E-state index >= 15 is 0 Å². The van der Waals surface area contributed by atoms with Crippen LogP contribution in [0.4, 0.5) is 0 Å². The maximum absolute atomic E-state index is 10.6. The Hall–Kier alpha value is -1.79. The van der Waals surface area contributed by atoms with Crippen molar-refractivity contribution in [2.45, 2.75) is 6.92 Å². The Bertz CT molecular complexity index is 413. The van der Waals surface area contributed by atoms with Gasteiger partial charge in [-0.2, -0.15) is 0 Å². The molecule has 0 unspecified atom stereocenters. The molecule has 0 atom stereocenters. The molecule has 0 aliphatic carbocycles. The van der Waals surface area contributed by atoms with Crippen LogP contribution in [0, 0.1) is 18.8 Å². The summed E-state index contributed by atoms with van der Waals surface area (Å²) in [7, 11) is 0. The van der Waals surface area contributed by atoms with Crippen molar-refractivity contribution < 1.29 is 9.90 Å². The molecule has 0 fully saturated rings. The second-order valence-electron chi connectivity index (χ2n) is 2.84. The molecule has 0 spiro atoms. The van der Waals surface area contributed by atoms with Crippen LogP contribution in [0.5, 0.6) is 0 Å². The van der Waals surface area contributed by atoms with Crippen LogP contribution in [-0.2, 0) is 0 Å². The van der Waals surface area contributed by atoms with E-state index in [4.69, 9.17) is 10.8 Å². The van der Waals surface area contributed by atoms with E-state index in [0.29, 0.717) is 6.54 Å². The summed E-state index contributed by atoms with van der Waals surface area (Å²) < 4.78 is 0. The summed E-state index contributed by atoms with van der Waals surface area (Å²) in [5, 5.41) is 8.72. The average molecular weight is 189 g/mol. The number of carboxylic acids is 1. The van der Waals surface area contributed by atoms with Crippen molar-refractivity contribution in [3.05, 3.63) is 34.9 Å². The third-order valence-electron chi connectivity index (χ3n) is 1.80. The maximum Gasteiger partial charge on any atom is 0.335 e. The van der Waals surface area contributed by atoms with Crippen LogP contribution in [0.25, 0.3) is 0 Å².